The zero-order chi connectivity index (χ0) is 16.3. The number of rotatable bonds is 4. The van der Waals surface area contributed by atoms with Gasteiger partial charge in [-0.25, -0.2) is 13.1 Å². The molecule has 1 aromatic rings. The molecule has 1 aliphatic rings. The second kappa shape index (κ2) is 6.98. The van der Waals surface area contributed by atoms with Crippen LogP contribution in [-0.2, 0) is 10.0 Å². The lowest BCUT2D eigenvalue weighted by atomic mass is 9.86. The second-order valence-corrected chi connectivity index (χ2v) is 7.96. The van der Waals surface area contributed by atoms with Crippen LogP contribution in [0.25, 0.3) is 0 Å². The number of halogens is 1. The highest BCUT2D eigenvalue weighted by molar-refractivity contribution is 7.89. The van der Waals surface area contributed by atoms with E-state index in [0.29, 0.717) is 11.5 Å². The number of benzene rings is 1. The molecule has 1 aliphatic carbocycles. The lowest BCUT2D eigenvalue weighted by molar-refractivity contribution is 0.0910. The molecular weight excluding hydrogens is 324 g/mol. The predicted molar refractivity (Wildman–Crippen MR) is 86.6 cm³/mol. The van der Waals surface area contributed by atoms with Crippen LogP contribution in [0.3, 0.4) is 0 Å². The van der Waals surface area contributed by atoms with Crippen LogP contribution in [0.4, 0.5) is 0 Å². The molecule has 0 heterocycles. The summed E-state index contributed by atoms with van der Waals surface area (Å²) in [5.41, 5.74) is 0.302. The summed E-state index contributed by atoms with van der Waals surface area (Å²) < 4.78 is 26.0. The molecule has 5 nitrogen and oxygen atoms in total. The number of hydrogen-bond acceptors (Lipinski definition) is 3. The quantitative estimate of drug-likeness (QED) is 0.881. The van der Waals surface area contributed by atoms with Gasteiger partial charge in [-0.1, -0.05) is 31.4 Å². The van der Waals surface area contributed by atoms with Crippen LogP contribution >= 0.6 is 11.6 Å². The van der Waals surface area contributed by atoms with Gasteiger partial charge in [0.15, 0.2) is 0 Å². The Bertz CT molecular complexity index is 661. The van der Waals surface area contributed by atoms with Gasteiger partial charge < -0.3 is 5.32 Å². The molecule has 0 spiro atoms. The van der Waals surface area contributed by atoms with E-state index in [1.807, 2.05) is 0 Å². The van der Waals surface area contributed by atoms with Crippen molar-refractivity contribution < 1.29 is 13.2 Å². The van der Waals surface area contributed by atoms with Crippen molar-refractivity contribution in [3.63, 3.8) is 0 Å². The van der Waals surface area contributed by atoms with E-state index in [4.69, 9.17) is 11.6 Å². The predicted octanol–water partition coefficient (Wildman–Crippen LogP) is 2.56. The summed E-state index contributed by atoms with van der Waals surface area (Å²) in [6, 6.07) is 4.43. The molecule has 2 N–H and O–H groups in total. The normalized spacial score (nSPS) is 22.3. The average molecular weight is 345 g/mol. The highest BCUT2D eigenvalue weighted by Gasteiger charge is 2.24. The molecule has 0 bridgehead atoms. The van der Waals surface area contributed by atoms with Gasteiger partial charge in [0.2, 0.25) is 10.0 Å². The summed E-state index contributed by atoms with van der Waals surface area (Å²) in [7, 11) is -2.38. The van der Waals surface area contributed by atoms with Crippen LogP contribution in [0, 0.1) is 5.92 Å². The summed E-state index contributed by atoms with van der Waals surface area (Å²) in [4.78, 5) is 12.3. The molecule has 1 saturated carbocycles. The maximum Gasteiger partial charge on any atom is 0.251 e. The van der Waals surface area contributed by atoms with Gasteiger partial charge >= 0.3 is 0 Å². The summed E-state index contributed by atoms with van der Waals surface area (Å²) >= 11 is 5.93. The van der Waals surface area contributed by atoms with Crippen molar-refractivity contribution in [1.29, 1.82) is 0 Å². The summed E-state index contributed by atoms with van der Waals surface area (Å²) in [5.74, 6) is 0.175. The van der Waals surface area contributed by atoms with Crippen LogP contribution in [0.15, 0.2) is 23.1 Å². The van der Waals surface area contributed by atoms with Gasteiger partial charge in [0, 0.05) is 11.6 Å². The highest BCUT2D eigenvalue weighted by Crippen LogP contribution is 2.25. The molecule has 0 aliphatic heterocycles. The van der Waals surface area contributed by atoms with Gasteiger partial charge in [-0.05, 0) is 44.0 Å². The van der Waals surface area contributed by atoms with Gasteiger partial charge in [0.1, 0.15) is 4.90 Å². The summed E-state index contributed by atoms with van der Waals surface area (Å²) in [5, 5.41) is 3.10. The lowest BCUT2D eigenvalue weighted by Gasteiger charge is -2.29. The Morgan fingerprint density at radius 3 is 2.59 bits per heavy atom. The SMILES string of the molecule is CNS(=O)(=O)c1cc(C(=O)N[C@H]2CCCC[C@H]2C)ccc1Cl. The lowest BCUT2D eigenvalue weighted by Crippen LogP contribution is -2.41. The molecule has 2 atom stereocenters. The molecule has 0 unspecified atom stereocenters. The third-order valence-corrected chi connectivity index (χ3v) is 6.08. The fourth-order valence-corrected chi connectivity index (χ4v) is 3.99. The minimum atomic E-state index is -3.69. The van der Waals surface area contributed by atoms with Gasteiger partial charge in [0.05, 0.1) is 5.02 Å². The molecule has 1 fully saturated rings. The summed E-state index contributed by atoms with van der Waals surface area (Å²) in [6.45, 7) is 2.13. The fraction of sp³-hybridized carbons (Fsp3) is 0.533. The van der Waals surface area contributed by atoms with Gasteiger partial charge in [-0.3, -0.25) is 4.79 Å². The van der Waals surface area contributed by atoms with Crippen molar-refractivity contribution in [2.75, 3.05) is 7.05 Å². The zero-order valence-electron chi connectivity index (χ0n) is 12.7. The van der Waals surface area contributed by atoms with Crippen molar-refractivity contribution in [3.05, 3.63) is 28.8 Å². The number of hydrogen-bond donors (Lipinski definition) is 2. The van der Waals surface area contributed by atoms with Crippen molar-refractivity contribution >= 4 is 27.5 Å². The zero-order valence-corrected chi connectivity index (χ0v) is 14.3. The number of carbonyl (C=O) groups excluding carboxylic acids is 1. The minimum absolute atomic E-state index is 0.0824. The van der Waals surface area contributed by atoms with Crippen LogP contribution < -0.4 is 10.0 Å². The number of amides is 1. The van der Waals surface area contributed by atoms with Gasteiger partial charge in [-0.15, -0.1) is 0 Å². The van der Waals surface area contributed by atoms with E-state index < -0.39 is 10.0 Å². The Labute approximate surface area is 136 Å². The molecule has 22 heavy (non-hydrogen) atoms. The molecule has 1 aromatic carbocycles. The maximum atomic E-state index is 12.4. The molecule has 0 saturated heterocycles. The van der Waals surface area contributed by atoms with E-state index in [0.717, 1.165) is 19.3 Å². The Morgan fingerprint density at radius 1 is 1.27 bits per heavy atom. The highest BCUT2D eigenvalue weighted by atomic mass is 35.5. The average Bonchev–Trinajstić information content (AvgIpc) is 2.49. The van der Waals surface area contributed by atoms with Crippen LogP contribution in [-0.4, -0.2) is 27.4 Å². The largest absolute Gasteiger partial charge is 0.349 e. The standard InChI is InChI=1S/C15H21ClN2O3S/c1-10-5-3-4-6-13(10)18-15(19)11-7-8-12(16)14(9-11)22(20,21)17-2/h7-10,13,17H,3-6H2,1-2H3,(H,18,19)/t10-,13+/m1/s1. The van der Waals surface area contributed by atoms with E-state index in [-0.39, 0.29) is 21.9 Å². The first-order valence-corrected chi connectivity index (χ1v) is 9.25. The first kappa shape index (κ1) is 17.2. The number of carbonyl (C=O) groups is 1. The van der Waals surface area contributed by atoms with E-state index in [2.05, 4.69) is 17.0 Å². The van der Waals surface area contributed by atoms with Crippen molar-refractivity contribution in [2.24, 2.45) is 5.92 Å². The topological polar surface area (TPSA) is 75.3 Å². The Hall–Kier alpha value is -1.11. The molecule has 1 amide bonds. The van der Waals surface area contributed by atoms with Gasteiger partial charge in [-0.2, -0.15) is 0 Å². The third-order valence-electron chi connectivity index (χ3n) is 4.18. The minimum Gasteiger partial charge on any atom is -0.349 e. The monoisotopic (exact) mass is 344 g/mol. The Kier molecular flexibility index (Phi) is 5.47. The molecule has 0 aromatic heterocycles. The Balaban J connectivity index is 2.22. The van der Waals surface area contributed by atoms with Gasteiger partial charge in [0.25, 0.3) is 5.91 Å². The van der Waals surface area contributed by atoms with Crippen LogP contribution in [0.5, 0.6) is 0 Å². The number of nitrogens with one attached hydrogen (secondary N) is 2. The molecule has 7 heteroatoms. The van der Waals surface area contributed by atoms with Crippen LogP contribution in [0.2, 0.25) is 5.02 Å². The molecular formula is C15H21ClN2O3S. The third kappa shape index (κ3) is 3.80. The molecule has 0 radical (unpaired) electrons. The van der Waals surface area contributed by atoms with E-state index in [1.54, 1.807) is 6.07 Å². The number of sulfonamides is 1. The van der Waals surface area contributed by atoms with Crippen molar-refractivity contribution in [3.8, 4) is 0 Å². The molecule has 2 rings (SSSR count). The first-order valence-electron chi connectivity index (χ1n) is 7.39. The van der Waals surface area contributed by atoms with E-state index >= 15 is 0 Å². The summed E-state index contributed by atoms with van der Waals surface area (Å²) in [6.07, 6.45) is 4.36. The smallest absolute Gasteiger partial charge is 0.251 e. The van der Waals surface area contributed by atoms with Crippen LogP contribution in [0.1, 0.15) is 43.0 Å². The molecule has 122 valence electrons. The van der Waals surface area contributed by atoms with Crippen molar-refractivity contribution in [1.82, 2.24) is 10.0 Å². The first-order chi connectivity index (χ1) is 10.3. The maximum absolute atomic E-state index is 12.4. The van der Waals surface area contributed by atoms with Crippen molar-refractivity contribution in [2.45, 2.75) is 43.5 Å². The fourth-order valence-electron chi connectivity index (χ4n) is 2.74. The van der Waals surface area contributed by atoms with E-state index in [9.17, 15) is 13.2 Å². The second-order valence-electron chi connectivity index (χ2n) is 5.69. The van der Waals surface area contributed by atoms with E-state index in [1.165, 1.54) is 25.6 Å². The Morgan fingerprint density at radius 2 is 1.95 bits per heavy atom.